The normalized spacial score (nSPS) is 12.4. The Labute approximate surface area is 440 Å². The van der Waals surface area contributed by atoms with Crippen molar-refractivity contribution in [1.82, 2.24) is 0 Å². The van der Waals surface area contributed by atoms with Crippen LogP contribution in [0.1, 0.15) is 316 Å². The average molecular weight is 994 g/mol. The molecule has 0 spiro atoms. The molecule has 0 aromatic rings. The Balaban J connectivity index is 4.01. The summed E-state index contributed by atoms with van der Waals surface area (Å²) in [6.07, 6.45) is 75.5. The van der Waals surface area contributed by atoms with Crippen LogP contribution in [0.2, 0.25) is 0 Å². The molecule has 0 N–H and O–H groups in total. The summed E-state index contributed by atoms with van der Waals surface area (Å²) in [5.41, 5.74) is 0. The third-order valence-electron chi connectivity index (χ3n) is 13.5. The smallest absolute Gasteiger partial charge is 0.306 e. The Hall–Kier alpha value is -2.89. The van der Waals surface area contributed by atoms with Gasteiger partial charge in [0.1, 0.15) is 13.2 Å². The lowest BCUT2D eigenvalue weighted by Crippen LogP contribution is -2.30. The molecule has 0 saturated heterocycles. The highest BCUT2D eigenvalue weighted by Gasteiger charge is 2.19. The summed E-state index contributed by atoms with van der Waals surface area (Å²) in [6, 6.07) is 0. The van der Waals surface area contributed by atoms with E-state index in [4.69, 9.17) is 14.2 Å². The molecule has 6 nitrogen and oxygen atoms in total. The maximum absolute atomic E-state index is 12.8. The Kier molecular flexibility index (Phi) is 57.2. The van der Waals surface area contributed by atoms with Gasteiger partial charge in [-0.2, -0.15) is 0 Å². The summed E-state index contributed by atoms with van der Waals surface area (Å²) in [4.78, 5) is 37.9. The molecule has 1 unspecified atom stereocenters. The van der Waals surface area contributed by atoms with Gasteiger partial charge in [0.2, 0.25) is 0 Å². The maximum atomic E-state index is 12.8. The van der Waals surface area contributed by atoms with Gasteiger partial charge in [-0.15, -0.1) is 0 Å². The quantitative estimate of drug-likeness (QED) is 0.0261. The van der Waals surface area contributed by atoms with E-state index in [9.17, 15) is 14.4 Å². The molecule has 1 atom stereocenters. The number of carbonyl (C=O) groups is 3. The molecule has 0 heterocycles. The summed E-state index contributed by atoms with van der Waals surface area (Å²) in [6.45, 7) is 6.49. The van der Waals surface area contributed by atoms with Gasteiger partial charge in [-0.1, -0.05) is 274 Å². The number of rotatable bonds is 56. The number of unbranched alkanes of at least 4 members (excludes halogenated alkanes) is 35. The van der Waals surface area contributed by atoms with Crippen LogP contribution in [0.3, 0.4) is 0 Å². The van der Waals surface area contributed by atoms with Crippen LogP contribution in [-0.2, 0) is 28.6 Å². The van der Waals surface area contributed by atoms with E-state index in [1.807, 2.05) is 0 Å². The Morgan fingerprint density at radius 1 is 0.296 bits per heavy atom. The molecule has 0 aromatic carbocycles. The van der Waals surface area contributed by atoms with E-state index >= 15 is 0 Å². The number of carbonyl (C=O) groups excluding carboxylic acids is 3. The third-order valence-corrected chi connectivity index (χ3v) is 13.5. The zero-order valence-corrected chi connectivity index (χ0v) is 47.2. The lowest BCUT2D eigenvalue weighted by atomic mass is 10.0. The summed E-state index contributed by atoms with van der Waals surface area (Å²) in [5.74, 6) is -0.890. The van der Waals surface area contributed by atoms with Crippen LogP contribution in [0.4, 0.5) is 0 Å². The molecule has 0 aliphatic carbocycles. The van der Waals surface area contributed by atoms with Crippen molar-refractivity contribution in [3.63, 3.8) is 0 Å². The van der Waals surface area contributed by atoms with Crippen LogP contribution in [0.15, 0.2) is 60.8 Å². The molecule has 6 heteroatoms. The SMILES string of the molecule is CC/C=C\C/C=C\C/C=C\CCCCCCCC(=O)OC(COC(=O)CCCCCCCCC)COC(=O)CCCCCCCCCCCCCCCCCCCCC/C=C\C/C=C\CCCCCCC. The highest BCUT2D eigenvalue weighted by atomic mass is 16.6. The zero-order chi connectivity index (χ0) is 51.4. The van der Waals surface area contributed by atoms with E-state index in [-0.39, 0.29) is 31.1 Å². The first kappa shape index (κ1) is 68.1. The number of hydrogen-bond donors (Lipinski definition) is 0. The van der Waals surface area contributed by atoms with Crippen molar-refractivity contribution < 1.29 is 28.6 Å². The summed E-state index contributed by atoms with van der Waals surface area (Å²) >= 11 is 0. The van der Waals surface area contributed by atoms with E-state index in [0.717, 1.165) is 103 Å². The van der Waals surface area contributed by atoms with Gasteiger partial charge in [0.05, 0.1) is 0 Å². The van der Waals surface area contributed by atoms with Crippen LogP contribution in [0.25, 0.3) is 0 Å². The Bertz CT molecular complexity index is 1280. The van der Waals surface area contributed by atoms with Crippen molar-refractivity contribution in [2.24, 2.45) is 0 Å². The van der Waals surface area contributed by atoms with Crippen LogP contribution < -0.4 is 0 Å². The van der Waals surface area contributed by atoms with Gasteiger partial charge in [0, 0.05) is 19.3 Å². The Morgan fingerprint density at radius 2 is 0.549 bits per heavy atom. The largest absolute Gasteiger partial charge is 0.462 e. The number of esters is 3. The Morgan fingerprint density at radius 3 is 0.859 bits per heavy atom. The zero-order valence-electron chi connectivity index (χ0n) is 47.2. The minimum absolute atomic E-state index is 0.0781. The fourth-order valence-corrected chi connectivity index (χ4v) is 8.90. The summed E-state index contributed by atoms with van der Waals surface area (Å²) in [7, 11) is 0. The van der Waals surface area contributed by atoms with Crippen LogP contribution in [-0.4, -0.2) is 37.2 Å². The lowest BCUT2D eigenvalue weighted by Gasteiger charge is -2.18. The van der Waals surface area contributed by atoms with E-state index in [1.165, 1.54) is 173 Å². The maximum Gasteiger partial charge on any atom is 0.306 e. The average Bonchev–Trinajstić information content (AvgIpc) is 3.37. The summed E-state index contributed by atoms with van der Waals surface area (Å²) in [5, 5.41) is 0. The molecular weight excluding hydrogens is 877 g/mol. The van der Waals surface area contributed by atoms with Gasteiger partial charge in [0.25, 0.3) is 0 Å². The topological polar surface area (TPSA) is 78.9 Å². The lowest BCUT2D eigenvalue weighted by molar-refractivity contribution is -0.167. The molecule has 0 aromatic heterocycles. The van der Waals surface area contributed by atoms with Gasteiger partial charge in [0.15, 0.2) is 6.10 Å². The van der Waals surface area contributed by atoms with Crippen molar-refractivity contribution in [1.29, 1.82) is 0 Å². The van der Waals surface area contributed by atoms with Crippen molar-refractivity contribution in [3.05, 3.63) is 60.8 Å². The monoisotopic (exact) mass is 993 g/mol. The number of ether oxygens (including phenoxy) is 3. The molecule has 412 valence electrons. The molecule has 71 heavy (non-hydrogen) atoms. The highest BCUT2D eigenvalue weighted by Crippen LogP contribution is 2.17. The van der Waals surface area contributed by atoms with Crippen molar-refractivity contribution in [2.45, 2.75) is 322 Å². The number of hydrogen-bond acceptors (Lipinski definition) is 6. The van der Waals surface area contributed by atoms with Gasteiger partial charge >= 0.3 is 17.9 Å². The first-order valence-electron chi connectivity index (χ1n) is 30.8. The second-order valence-electron chi connectivity index (χ2n) is 20.6. The van der Waals surface area contributed by atoms with Crippen LogP contribution in [0.5, 0.6) is 0 Å². The summed E-state index contributed by atoms with van der Waals surface area (Å²) < 4.78 is 16.8. The van der Waals surface area contributed by atoms with Crippen molar-refractivity contribution in [3.8, 4) is 0 Å². The molecule has 0 aliphatic rings. The van der Waals surface area contributed by atoms with Gasteiger partial charge < -0.3 is 14.2 Å². The second-order valence-corrected chi connectivity index (χ2v) is 20.6. The van der Waals surface area contributed by atoms with E-state index in [2.05, 4.69) is 81.5 Å². The molecule has 0 aliphatic heterocycles. The first-order valence-corrected chi connectivity index (χ1v) is 30.8. The molecule has 0 radical (unpaired) electrons. The van der Waals surface area contributed by atoms with Gasteiger partial charge in [-0.05, 0) is 83.5 Å². The van der Waals surface area contributed by atoms with Crippen molar-refractivity contribution in [2.75, 3.05) is 13.2 Å². The number of allylic oxidation sites excluding steroid dienone is 10. The first-order chi connectivity index (χ1) is 35.0. The standard InChI is InChI=1S/C65H116O6/c1-4-7-10-13-16-18-20-22-24-25-26-27-28-29-30-31-32-33-34-35-36-37-38-39-41-42-44-46-49-52-55-58-64(67)70-61-62(60-69-63(66)57-54-51-48-15-12-9-6-3)71-65(68)59-56-53-50-47-45-43-40-23-21-19-17-14-11-8-5-2/h8,11,17,19-20,22-23,25-26,40,62H,4-7,9-10,12-16,18,21,24,27-39,41-61H2,1-3H3/b11-8-,19-17-,22-20-,26-25-,40-23-. The second kappa shape index (κ2) is 59.7. The molecule has 0 rings (SSSR count). The minimum Gasteiger partial charge on any atom is -0.462 e. The fraction of sp³-hybridized carbons (Fsp3) is 0.800. The highest BCUT2D eigenvalue weighted by molar-refractivity contribution is 5.71. The van der Waals surface area contributed by atoms with E-state index < -0.39 is 6.10 Å². The van der Waals surface area contributed by atoms with Gasteiger partial charge in [-0.25, -0.2) is 0 Å². The minimum atomic E-state index is -0.778. The third kappa shape index (κ3) is 57.9. The van der Waals surface area contributed by atoms with Crippen molar-refractivity contribution >= 4 is 17.9 Å². The van der Waals surface area contributed by atoms with E-state index in [1.54, 1.807) is 0 Å². The predicted molar refractivity (Wildman–Crippen MR) is 307 cm³/mol. The van der Waals surface area contributed by atoms with Gasteiger partial charge in [-0.3, -0.25) is 14.4 Å². The molecule has 0 bridgehead atoms. The predicted octanol–water partition coefficient (Wildman–Crippen LogP) is 20.8. The molecule has 0 fully saturated rings. The van der Waals surface area contributed by atoms with Crippen LogP contribution in [0, 0.1) is 0 Å². The van der Waals surface area contributed by atoms with E-state index in [0.29, 0.717) is 19.3 Å². The molecular formula is C65H116O6. The van der Waals surface area contributed by atoms with Crippen LogP contribution >= 0.6 is 0 Å². The molecule has 0 amide bonds. The molecule has 0 saturated carbocycles. The fourth-order valence-electron chi connectivity index (χ4n) is 8.90.